The van der Waals surface area contributed by atoms with Gasteiger partial charge in [0.2, 0.25) is 11.8 Å². The first-order chi connectivity index (χ1) is 15.4. The summed E-state index contributed by atoms with van der Waals surface area (Å²) in [5.41, 5.74) is 2.59. The Morgan fingerprint density at radius 2 is 1.91 bits per heavy atom. The van der Waals surface area contributed by atoms with Gasteiger partial charge in [0, 0.05) is 50.2 Å². The van der Waals surface area contributed by atoms with Gasteiger partial charge in [0.1, 0.15) is 0 Å². The lowest BCUT2D eigenvalue weighted by atomic mass is 10.0. The van der Waals surface area contributed by atoms with Crippen molar-refractivity contribution in [3.05, 3.63) is 59.9 Å². The number of anilines is 1. The van der Waals surface area contributed by atoms with Crippen LogP contribution < -0.4 is 10.2 Å². The molecule has 1 unspecified atom stereocenters. The summed E-state index contributed by atoms with van der Waals surface area (Å²) in [5, 5.41) is 3.03. The Kier molecular flexibility index (Phi) is 6.53. The fraction of sp³-hybridized carbons (Fsp3) is 0.440. The molecule has 168 valence electrons. The molecular weight excluding hydrogens is 404 g/mol. The van der Waals surface area contributed by atoms with Crippen molar-refractivity contribution in [1.82, 2.24) is 15.2 Å². The highest BCUT2D eigenvalue weighted by Gasteiger charge is 2.38. The highest BCUT2D eigenvalue weighted by Crippen LogP contribution is 2.29. The normalized spacial score (nSPS) is 19.5. The number of piperidine rings is 1. The van der Waals surface area contributed by atoms with Crippen LogP contribution in [0.15, 0.2) is 48.8 Å². The van der Waals surface area contributed by atoms with Crippen LogP contribution in [0.4, 0.5) is 5.69 Å². The maximum Gasteiger partial charge on any atom is 0.253 e. The summed E-state index contributed by atoms with van der Waals surface area (Å²) in [6.45, 7) is 5.85. The number of hydrogen-bond donors (Lipinski definition) is 1. The second-order valence-corrected chi connectivity index (χ2v) is 8.97. The zero-order chi connectivity index (χ0) is 22.7. The molecule has 0 bridgehead atoms. The minimum absolute atomic E-state index is 0.00266. The van der Waals surface area contributed by atoms with Crippen LogP contribution in [0, 0.1) is 5.92 Å². The van der Waals surface area contributed by atoms with Crippen molar-refractivity contribution in [2.24, 2.45) is 5.92 Å². The second kappa shape index (κ2) is 9.51. The van der Waals surface area contributed by atoms with E-state index in [1.54, 1.807) is 29.4 Å². The molecule has 2 aromatic rings. The standard InChI is InChI=1S/C25H30N4O3/c1-17(2)18-5-3-7-22(13-18)29-16-20(14-23(29)30)25(32)28-11-8-21(9-12-28)27-24(31)19-6-4-10-26-15-19/h3-7,10,13,15,17,20-21H,8-9,11-12,14,16H2,1-2H3,(H,27,31). The Labute approximate surface area is 188 Å². The summed E-state index contributed by atoms with van der Waals surface area (Å²) in [4.78, 5) is 45.7. The Hall–Kier alpha value is -3.22. The maximum atomic E-state index is 13.1. The highest BCUT2D eigenvalue weighted by molar-refractivity contribution is 6.00. The first-order valence-electron chi connectivity index (χ1n) is 11.3. The van der Waals surface area contributed by atoms with Crippen molar-refractivity contribution in [2.75, 3.05) is 24.5 Å². The van der Waals surface area contributed by atoms with Gasteiger partial charge in [-0.25, -0.2) is 0 Å². The Bertz CT molecular complexity index is 984. The molecule has 3 amide bonds. The molecule has 0 saturated carbocycles. The Morgan fingerprint density at radius 1 is 1.12 bits per heavy atom. The number of nitrogens with one attached hydrogen (secondary N) is 1. The van der Waals surface area contributed by atoms with Crippen LogP contribution in [0.25, 0.3) is 0 Å². The molecule has 7 heteroatoms. The molecule has 0 radical (unpaired) electrons. The van der Waals surface area contributed by atoms with E-state index in [-0.39, 0.29) is 36.1 Å². The van der Waals surface area contributed by atoms with E-state index < -0.39 is 0 Å². The van der Waals surface area contributed by atoms with E-state index in [0.29, 0.717) is 44.0 Å². The topological polar surface area (TPSA) is 82.6 Å². The van der Waals surface area contributed by atoms with Gasteiger partial charge < -0.3 is 15.1 Å². The molecule has 2 aliphatic heterocycles. The fourth-order valence-electron chi connectivity index (χ4n) is 4.44. The number of hydrogen-bond acceptors (Lipinski definition) is 4. The van der Waals surface area contributed by atoms with E-state index in [1.165, 1.54) is 5.56 Å². The average molecular weight is 435 g/mol. The van der Waals surface area contributed by atoms with Crippen molar-refractivity contribution in [1.29, 1.82) is 0 Å². The van der Waals surface area contributed by atoms with Gasteiger partial charge in [-0.2, -0.15) is 0 Å². The Balaban J connectivity index is 1.31. The van der Waals surface area contributed by atoms with Crippen LogP contribution in [0.2, 0.25) is 0 Å². The molecule has 7 nitrogen and oxygen atoms in total. The van der Waals surface area contributed by atoms with Crippen LogP contribution in [0.5, 0.6) is 0 Å². The number of carbonyl (C=O) groups is 3. The number of amides is 3. The van der Waals surface area contributed by atoms with Crippen molar-refractivity contribution >= 4 is 23.4 Å². The minimum Gasteiger partial charge on any atom is -0.349 e. The predicted molar refractivity (Wildman–Crippen MR) is 122 cm³/mol. The zero-order valence-electron chi connectivity index (χ0n) is 18.7. The molecule has 2 saturated heterocycles. The summed E-state index contributed by atoms with van der Waals surface area (Å²) < 4.78 is 0. The molecular formula is C25H30N4O3. The summed E-state index contributed by atoms with van der Waals surface area (Å²) in [6, 6.07) is 11.5. The van der Waals surface area contributed by atoms with Crippen LogP contribution in [0.1, 0.15) is 54.9 Å². The molecule has 4 rings (SSSR count). The molecule has 1 atom stereocenters. The Morgan fingerprint density at radius 3 is 2.59 bits per heavy atom. The number of aromatic nitrogens is 1. The van der Waals surface area contributed by atoms with Gasteiger partial charge in [0.25, 0.3) is 5.91 Å². The van der Waals surface area contributed by atoms with Crippen molar-refractivity contribution < 1.29 is 14.4 Å². The van der Waals surface area contributed by atoms with Crippen LogP contribution in [-0.2, 0) is 9.59 Å². The molecule has 2 fully saturated rings. The first kappa shape index (κ1) is 22.0. The third kappa shape index (κ3) is 4.82. The lowest BCUT2D eigenvalue weighted by Gasteiger charge is -2.33. The number of pyridine rings is 1. The summed E-state index contributed by atoms with van der Waals surface area (Å²) >= 11 is 0. The summed E-state index contributed by atoms with van der Waals surface area (Å²) in [7, 11) is 0. The number of benzene rings is 1. The van der Waals surface area contributed by atoms with Gasteiger partial charge in [-0.1, -0.05) is 26.0 Å². The lowest BCUT2D eigenvalue weighted by molar-refractivity contribution is -0.136. The smallest absolute Gasteiger partial charge is 0.253 e. The van der Waals surface area contributed by atoms with Crippen molar-refractivity contribution in [3.63, 3.8) is 0 Å². The number of nitrogens with zero attached hydrogens (tertiary/aromatic N) is 3. The van der Waals surface area contributed by atoms with Gasteiger partial charge in [-0.3, -0.25) is 19.4 Å². The fourth-order valence-corrected chi connectivity index (χ4v) is 4.44. The van der Waals surface area contributed by atoms with Crippen LogP contribution in [0.3, 0.4) is 0 Å². The maximum absolute atomic E-state index is 13.1. The monoisotopic (exact) mass is 434 g/mol. The van der Waals surface area contributed by atoms with E-state index in [2.05, 4.69) is 30.2 Å². The quantitative estimate of drug-likeness (QED) is 0.784. The van der Waals surface area contributed by atoms with Crippen molar-refractivity contribution in [3.8, 4) is 0 Å². The predicted octanol–water partition coefficient (Wildman–Crippen LogP) is 2.98. The second-order valence-electron chi connectivity index (χ2n) is 8.97. The molecule has 3 heterocycles. The highest BCUT2D eigenvalue weighted by atomic mass is 16.2. The summed E-state index contributed by atoms with van der Waals surface area (Å²) in [5.74, 6) is -0.0268. The first-order valence-corrected chi connectivity index (χ1v) is 11.3. The molecule has 1 aromatic carbocycles. The minimum atomic E-state index is -0.313. The van der Waals surface area contributed by atoms with Crippen LogP contribution in [-0.4, -0.2) is 53.3 Å². The SMILES string of the molecule is CC(C)c1cccc(N2CC(C(=O)N3CCC(NC(=O)c4cccnc4)CC3)CC2=O)c1. The van der Waals surface area contributed by atoms with Gasteiger partial charge in [-0.15, -0.1) is 0 Å². The van der Waals surface area contributed by atoms with E-state index in [9.17, 15) is 14.4 Å². The molecule has 1 N–H and O–H groups in total. The molecule has 32 heavy (non-hydrogen) atoms. The van der Waals surface area contributed by atoms with Gasteiger partial charge >= 0.3 is 0 Å². The van der Waals surface area contributed by atoms with E-state index in [0.717, 1.165) is 5.69 Å². The van der Waals surface area contributed by atoms with E-state index >= 15 is 0 Å². The summed E-state index contributed by atoms with van der Waals surface area (Å²) in [6.07, 6.45) is 4.85. The molecule has 0 spiro atoms. The van der Waals surface area contributed by atoms with E-state index in [1.807, 2.05) is 23.1 Å². The van der Waals surface area contributed by atoms with Gasteiger partial charge in [0.05, 0.1) is 11.5 Å². The van der Waals surface area contributed by atoms with Gasteiger partial charge in [-0.05, 0) is 48.6 Å². The third-order valence-electron chi connectivity index (χ3n) is 6.39. The largest absolute Gasteiger partial charge is 0.349 e. The third-order valence-corrected chi connectivity index (χ3v) is 6.39. The zero-order valence-corrected chi connectivity index (χ0v) is 18.7. The molecule has 1 aromatic heterocycles. The van der Waals surface area contributed by atoms with Crippen LogP contribution >= 0.6 is 0 Å². The molecule has 2 aliphatic rings. The number of likely N-dealkylation sites (tertiary alicyclic amines) is 1. The van der Waals surface area contributed by atoms with Crippen molar-refractivity contribution in [2.45, 2.75) is 45.1 Å². The lowest BCUT2D eigenvalue weighted by Crippen LogP contribution is -2.48. The average Bonchev–Trinajstić information content (AvgIpc) is 3.21. The number of rotatable bonds is 5. The van der Waals surface area contributed by atoms with Gasteiger partial charge in [0.15, 0.2) is 0 Å². The molecule has 0 aliphatic carbocycles. The number of carbonyl (C=O) groups excluding carboxylic acids is 3. The van der Waals surface area contributed by atoms with E-state index in [4.69, 9.17) is 0 Å².